The topological polar surface area (TPSA) is 64.7 Å². The molecule has 0 radical (unpaired) electrons. The molecule has 0 saturated carbocycles. The fourth-order valence-electron chi connectivity index (χ4n) is 1.91. The lowest BCUT2D eigenvalue weighted by atomic mass is 10.1. The van der Waals surface area contributed by atoms with Crippen molar-refractivity contribution in [1.29, 1.82) is 0 Å². The van der Waals surface area contributed by atoms with Gasteiger partial charge in [-0.1, -0.05) is 64.3 Å². The number of nitrogens with two attached hydrogens (primary N) is 1. The number of rotatable bonds is 5. The van der Waals surface area contributed by atoms with Gasteiger partial charge in [0.1, 0.15) is 5.84 Å². The number of nitrogens with zero attached hydrogens (tertiary/aromatic N) is 1. The highest BCUT2D eigenvalue weighted by Crippen LogP contribution is 2.21. The highest BCUT2D eigenvalue weighted by atomic mass is 35.5. The van der Waals surface area contributed by atoms with Crippen LogP contribution in [0.1, 0.15) is 16.7 Å². The lowest BCUT2D eigenvalue weighted by Gasteiger charge is -2.04. The van der Waals surface area contributed by atoms with Gasteiger partial charge < -0.3 is 10.6 Å². The van der Waals surface area contributed by atoms with E-state index in [1.807, 2.05) is 31.2 Å². The van der Waals surface area contributed by atoms with Gasteiger partial charge in [-0.15, -0.1) is 0 Å². The van der Waals surface area contributed by atoms with Gasteiger partial charge in [0.15, 0.2) is 0 Å². The second-order valence-corrected chi connectivity index (χ2v) is 5.96. The number of carbonyl (C=O) groups is 1. The zero-order valence-electron chi connectivity index (χ0n) is 12.6. The lowest BCUT2D eigenvalue weighted by Crippen LogP contribution is -2.17. The first-order valence-corrected chi connectivity index (χ1v) is 7.71. The maximum atomic E-state index is 11.7. The molecule has 0 aliphatic rings. The zero-order chi connectivity index (χ0) is 16.8. The van der Waals surface area contributed by atoms with Crippen LogP contribution in [0.3, 0.4) is 0 Å². The Labute approximate surface area is 144 Å². The molecule has 0 bridgehead atoms. The Balaban J connectivity index is 1.90. The summed E-state index contributed by atoms with van der Waals surface area (Å²) in [5.74, 6) is -0.314. The van der Waals surface area contributed by atoms with Crippen molar-refractivity contribution in [2.75, 3.05) is 0 Å². The molecule has 120 valence electrons. The van der Waals surface area contributed by atoms with E-state index < -0.39 is 5.97 Å². The minimum absolute atomic E-state index is 0.138. The summed E-state index contributed by atoms with van der Waals surface area (Å²) in [7, 11) is 0. The zero-order valence-corrected chi connectivity index (χ0v) is 14.1. The average molecular weight is 351 g/mol. The van der Waals surface area contributed by atoms with E-state index in [2.05, 4.69) is 5.16 Å². The largest absolute Gasteiger partial charge is 0.384 e. The molecule has 0 unspecified atom stereocenters. The monoisotopic (exact) mass is 350 g/mol. The van der Waals surface area contributed by atoms with Crippen LogP contribution in [0, 0.1) is 6.92 Å². The van der Waals surface area contributed by atoms with E-state index in [1.54, 1.807) is 18.2 Å². The van der Waals surface area contributed by atoms with Crippen LogP contribution in [-0.4, -0.2) is 11.8 Å². The molecule has 2 aromatic rings. The molecule has 2 N–H and O–H groups in total. The van der Waals surface area contributed by atoms with Crippen LogP contribution in [0.5, 0.6) is 0 Å². The van der Waals surface area contributed by atoms with E-state index in [4.69, 9.17) is 33.8 Å². The second-order valence-electron chi connectivity index (χ2n) is 5.12. The number of amidine groups is 1. The van der Waals surface area contributed by atoms with Gasteiger partial charge in [0.2, 0.25) is 0 Å². The van der Waals surface area contributed by atoms with E-state index in [-0.39, 0.29) is 18.7 Å². The van der Waals surface area contributed by atoms with Crippen LogP contribution in [-0.2, 0) is 22.5 Å². The summed E-state index contributed by atoms with van der Waals surface area (Å²) in [6.45, 7) is 1.98. The van der Waals surface area contributed by atoms with Crippen molar-refractivity contribution in [2.45, 2.75) is 19.8 Å². The van der Waals surface area contributed by atoms with Crippen molar-refractivity contribution in [3.05, 3.63) is 69.2 Å². The fraction of sp³-hybridized carbons (Fsp3) is 0.176. The first kappa shape index (κ1) is 17.3. The average Bonchev–Trinajstić information content (AvgIpc) is 2.50. The van der Waals surface area contributed by atoms with Crippen molar-refractivity contribution in [1.82, 2.24) is 0 Å². The number of oxime groups is 1. The van der Waals surface area contributed by atoms with Crippen molar-refractivity contribution in [3.63, 3.8) is 0 Å². The third kappa shape index (κ3) is 5.58. The summed E-state index contributed by atoms with van der Waals surface area (Å²) in [4.78, 5) is 16.6. The lowest BCUT2D eigenvalue weighted by molar-refractivity contribution is -0.142. The van der Waals surface area contributed by atoms with Crippen LogP contribution in [0.4, 0.5) is 0 Å². The fourth-order valence-corrected chi connectivity index (χ4v) is 2.38. The van der Waals surface area contributed by atoms with Crippen molar-refractivity contribution >= 4 is 35.0 Å². The highest BCUT2D eigenvalue weighted by molar-refractivity contribution is 6.35. The summed E-state index contributed by atoms with van der Waals surface area (Å²) in [6, 6.07) is 12.7. The first-order chi connectivity index (χ1) is 10.9. The molecule has 0 aliphatic heterocycles. The standard InChI is InChI=1S/C17H16Cl2N2O2/c1-11-2-4-12(5-3-11)8-17(22)23-21-16(20)9-13-6-7-14(18)10-15(13)19/h2-7,10H,8-9H2,1H3,(H2,20,21). The summed E-state index contributed by atoms with van der Waals surface area (Å²) in [5, 5.41) is 4.68. The number of benzene rings is 2. The highest BCUT2D eigenvalue weighted by Gasteiger charge is 2.07. The van der Waals surface area contributed by atoms with Gasteiger partial charge in [-0.2, -0.15) is 0 Å². The SMILES string of the molecule is Cc1ccc(CC(=O)O/N=C(\N)Cc2ccc(Cl)cc2Cl)cc1. The van der Waals surface area contributed by atoms with E-state index in [0.29, 0.717) is 10.0 Å². The normalized spacial score (nSPS) is 11.3. The predicted octanol–water partition coefficient (Wildman–Crippen LogP) is 3.90. The summed E-state index contributed by atoms with van der Waals surface area (Å²) < 4.78 is 0. The van der Waals surface area contributed by atoms with Gasteiger partial charge in [-0.25, -0.2) is 4.79 Å². The van der Waals surface area contributed by atoms with Crippen LogP contribution in [0.25, 0.3) is 0 Å². The van der Waals surface area contributed by atoms with Gasteiger partial charge in [-0.3, -0.25) is 0 Å². The van der Waals surface area contributed by atoms with Crippen LogP contribution < -0.4 is 5.73 Å². The molecule has 23 heavy (non-hydrogen) atoms. The predicted molar refractivity (Wildman–Crippen MR) is 92.8 cm³/mol. The molecule has 0 heterocycles. The molecule has 0 saturated heterocycles. The summed E-state index contributed by atoms with van der Waals surface area (Å²) in [5.41, 5.74) is 8.50. The van der Waals surface area contributed by atoms with Crippen molar-refractivity contribution in [3.8, 4) is 0 Å². The minimum Gasteiger partial charge on any atom is -0.384 e. The molecule has 0 aromatic heterocycles. The molecule has 2 aromatic carbocycles. The molecule has 2 rings (SSSR count). The Morgan fingerprint density at radius 1 is 1.13 bits per heavy atom. The maximum absolute atomic E-state index is 11.7. The molecule has 6 heteroatoms. The van der Waals surface area contributed by atoms with Gasteiger partial charge in [0.25, 0.3) is 0 Å². The minimum atomic E-state index is -0.473. The third-order valence-electron chi connectivity index (χ3n) is 3.12. The Kier molecular flexibility index (Phi) is 6.02. The Morgan fingerprint density at radius 2 is 1.83 bits per heavy atom. The molecular formula is C17H16Cl2N2O2. The molecule has 4 nitrogen and oxygen atoms in total. The van der Waals surface area contributed by atoms with Crippen LogP contribution in [0.2, 0.25) is 10.0 Å². The summed E-state index contributed by atoms with van der Waals surface area (Å²) in [6.07, 6.45) is 0.409. The van der Waals surface area contributed by atoms with E-state index in [0.717, 1.165) is 16.7 Å². The third-order valence-corrected chi connectivity index (χ3v) is 3.71. The van der Waals surface area contributed by atoms with E-state index in [1.165, 1.54) is 0 Å². The van der Waals surface area contributed by atoms with Crippen LogP contribution >= 0.6 is 23.2 Å². The van der Waals surface area contributed by atoms with E-state index >= 15 is 0 Å². The molecular weight excluding hydrogens is 335 g/mol. The number of hydrogen-bond acceptors (Lipinski definition) is 3. The molecule has 0 fully saturated rings. The number of carbonyl (C=O) groups excluding carboxylic acids is 1. The maximum Gasteiger partial charge on any atom is 0.339 e. The summed E-state index contributed by atoms with van der Waals surface area (Å²) >= 11 is 11.9. The Hall–Kier alpha value is -2.04. The number of hydrogen-bond donors (Lipinski definition) is 1. The van der Waals surface area contributed by atoms with Gasteiger partial charge in [0.05, 0.1) is 6.42 Å². The first-order valence-electron chi connectivity index (χ1n) is 6.95. The molecule has 0 amide bonds. The second kappa shape index (κ2) is 7.99. The van der Waals surface area contributed by atoms with Gasteiger partial charge >= 0.3 is 5.97 Å². The van der Waals surface area contributed by atoms with Crippen molar-refractivity contribution < 1.29 is 9.63 Å². The van der Waals surface area contributed by atoms with Gasteiger partial charge in [-0.05, 0) is 30.2 Å². The van der Waals surface area contributed by atoms with Crippen LogP contribution in [0.15, 0.2) is 47.6 Å². The Bertz CT molecular complexity index is 728. The van der Waals surface area contributed by atoms with Gasteiger partial charge in [0, 0.05) is 16.5 Å². The number of halogens is 2. The number of aryl methyl sites for hydroxylation is 1. The molecule has 0 aliphatic carbocycles. The Morgan fingerprint density at radius 3 is 2.48 bits per heavy atom. The van der Waals surface area contributed by atoms with E-state index in [9.17, 15) is 4.79 Å². The molecule has 0 spiro atoms. The van der Waals surface area contributed by atoms with Crippen molar-refractivity contribution in [2.24, 2.45) is 10.9 Å². The molecule has 0 atom stereocenters. The smallest absolute Gasteiger partial charge is 0.339 e. The quantitative estimate of drug-likeness (QED) is 0.385.